The molecule has 6 nitrogen and oxygen atoms in total. The third-order valence-corrected chi connectivity index (χ3v) is 7.65. The first-order valence-corrected chi connectivity index (χ1v) is 13.0. The number of aryl methyl sites for hydroxylation is 1. The standard InChI is InChI=1S/C29H26N4O2S/c1-16-4-3-5-19(12-16)17(2)31-28(35)23-15-30-24-10-8-20(13-22(23)24)21-9-11-25-26(14-21)36-29(32-25)33-27(34)18-6-7-18/h3-5,8-15,17-18,30H,6-7H2,1-2H3,(H,31,35)(H,32,33,34)/t17-/m1/s1. The number of H-pyrrole nitrogens is 1. The van der Waals surface area contributed by atoms with E-state index in [0.29, 0.717) is 10.7 Å². The number of aromatic amines is 1. The summed E-state index contributed by atoms with van der Waals surface area (Å²) in [4.78, 5) is 33.1. The number of fused-ring (bicyclic) bond motifs is 2. The van der Waals surface area contributed by atoms with Gasteiger partial charge in [-0.1, -0.05) is 53.3 Å². The highest BCUT2D eigenvalue weighted by Crippen LogP contribution is 2.34. The Balaban J connectivity index is 1.27. The molecule has 6 rings (SSSR count). The Morgan fingerprint density at radius 2 is 1.86 bits per heavy atom. The van der Waals surface area contributed by atoms with Crippen LogP contribution < -0.4 is 10.6 Å². The number of carbonyl (C=O) groups excluding carboxylic acids is 2. The molecule has 5 aromatic rings. The van der Waals surface area contributed by atoms with E-state index in [1.165, 1.54) is 16.9 Å². The van der Waals surface area contributed by atoms with Gasteiger partial charge < -0.3 is 15.6 Å². The molecular weight excluding hydrogens is 468 g/mol. The molecule has 3 N–H and O–H groups in total. The lowest BCUT2D eigenvalue weighted by atomic mass is 10.0. The Morgan fingerprint density at radius 1 is 1.06 bits per heavy atom. The van der Waals surface area contributed by atoms with Gasteiger partial charge in [0.15, 0.2) is 5.13 Å². The zero-order valence-electron chi connectivity index (χ0n) is 20.1. The molecule has 3 aromatic carbocycles. The monoisotopic (exact) mass is 494 g/mol. The summed E-state index contributed by atoms with van der Waals surface area (Å²) in [6.45, 7) is 4.05. The van der Waals surface area contributed by atoms with Gasteiger partial charge in [-0.05, 0) is 67.6 Å². The van der Waals surface area contributed by atoms with Crippen LogP contribution >= 0.6 is 11.3 Å². The Labute approximate surface area is 212 Å². The topological polar surface area (TPSA) is 86.9 Å². The van der Waals surface area contributed by atoms with Crippen LogP contribution in [0.25, 0.3) is 32.2 Å². The number of nitrogens with one attached hydrogen (secondary N) is 3. The second kappa shape index (κ2) is 8.91. The number of hydrogen-bond donors (Lipinski definition) is 3. The van der Waals surface area contributed by atoms with E-state index in [2.05, 4.69) is 38.8 Å². The van der Waals surface area contributed by atoms with Crippen LogP contribution in [-0.4, -0.2) is 21.8 Å². The van der Waals surface area contributed by atoms with E-state index in [0.717, 1.165) is 50.7 Å². The molecule has 1 saturated carbocycles. The number of nitrogens with zero attached hydrogens (tertiary/aromatic N) is 1. The molecule has 0 bridgehead atoms. The van der Waals surface area contributed by atoms with Crippen molar-refractivity contribution < 1.29 is 9.59 Å². The molecule has 36 heavy (non-hydrogen) atoms. The smallest absolute Gasteiger partial charge is 0.253 e. The highest BCUT2D eigenvalue weighted by Gasteiger charge is 2.30. The van der Waals surface area contributed by atoms with Gasteiger partial charge in [0, 0.05) is 23.0 Å². The molecule has 1 aliphatic carbocycles. The van der Waals surface area contributed by atoms with Crippen molar-refractivity contribution in [1.29, 1.82) is 0 Å². The number of rotatable bonds is 6. The van der Waals surface area contributed by atoms with Crippen molar-refractivity contribution >= 4 is 49.4 Å². The molecule has 1 fully saturated rings. The molecule has 0 aliphatic heterocycles. The van der Waals surface area contributed by atoms with E-state index >= 15 is 0 Å². The first kappa shape index (κ1) is 22.5. The summed E-state index contributed by atoms with van der Waals surface area (Å²) in [5, 5.41) is 7.59. The van der Waals surface area contributed by atoms with Crippen molar-refractivity contribution in [2.45, 2.75) is 32.7 Å². The summed E-state index contributed by atoms with van der Waals surface area (Å²) in [6, 6.07) is 20.3. The first-order chi connectivity index (χ1) is 17.4. The fourth-order valence-corrected chi connectivity index (χ4v) is 5.40. The molecule has 0 radical (unpaired) electrons. The number of benzene rings is 3. The molecule has 7 heteroatoms. The van der Waals surface area contributed by atoms with Crippen molar-refractivity contribution in [3.8, 4) is 11.1 Å². The van der Waals surface area contributed by atoms with Gasteiger partial charge in [-0.3, -0.25) is 9.59 Å². The molecule has 2 aromatic heterocycles. The second-order valence-electron chi connectivity index (χ2n) is 9.54. The Morgan fingerprint density at radius 3 is 2.67 bits per heavy atom. The molecule has 1 atom stereocenters. The normalized spacial score (nSPS) is 14.2. The summed E-state index contributed by atoms with van der Waals surface area (Å²) < 4.78 is 1.01. The zero-order chi connectivity index (χ0) is 24.8. The summed E-state index contributed by atoms with van der Waals surface area (Å²) in [5.41, 5.74) is 6.69. The predicted molar refractivity (Wildman–Crippen MR) is 145 cm³/mol. The maximum atomic E-state index is 13.2. The SMILES string of the molecule is Cc1cccc([C@@H](C)NC(=O)c2c[nH]c3ccc(-c4ccc5nc(NC(=O)C6CC6)sc5c4)cc23)c1. The third kappa shape index (κ3) is 4.38. The largest absolute Gasteiger partial charge is 0.360 e. The van der Waals surface area contributed by atoms with Crippen LogP contribution in [0.5, 0.6) is 0 Å². The van der Waals surface area contributed by atoms with Crippen LogP contribution in [-0.2, 0) is 4.79 Å². The fourth-order valence-electron chi connectivity index (χ4n) is 4.50. The highest BCUT2D eigenvalue weighted by atomic mass is 32.1. The third-order valence-electron chi connectivity index (χ3n) is 6.72. The highest BCUT2D eigenvalue weighted by molar-refractivity contribution is 7.22. The number of hydrogen-bond acceptors (Lipinski definition) is 4. The van der Waals surface area contributed by atoms with Crippen molar-refractivity contribution in [2.75, 3.05) is 5.32 Å². The predicted octanol–water partition coefficient (Wildman–Crippen LogP) is 6.59. The van der Waals surface area contributed by atoms with E-state index in [4.69, 9.17) is 0 Å². The van der Waals surface area contributed by atoms with Gasteiger partial charge in [0.05, 0.1) is 21.8 Å². The summed E-state index contributed by atoms with van der Waals surface area (Å²) >= 11 is 1.49. The molecule has 0 unspecified atom stereocenters. The number of carbonyl (C=O) groups is 2. The number of thiazole rings is 1. The maximum Gasteiger partial charge on any atom is 0.253 e. The van der Waals surface area contributed by atoms with Crippen LogP contribution in [0.2, 0.25) is 0 Å². The zero-order valence-corrected chi connectivity index (χ0v) is 20.9. The Kier molecular flexibility index (Phi) is 5.57. The first-order valence-electron chi connectivity index (χ1n) is 12.1. The number of amides is 2. The molecule has 180 valence electrons. The van der Waals surface area contributed by atoms with Gasteiger partial charge >= 0.3 is 0 Å². The minimum absolute atomic E-state index is 0.0645. The summed E-state index contributed by atoms with van der Waals surface area (Å²) in [6.07, 6.45) is 3.70. The quantitative estimate of drug-likeness (QED) is 0.249. The van der Waals surface area contributed by atoms with Crippen molar-refractivity contribution in [3.05, 3.63) is 83.6 Å². The molecule has 0 saturated heterocycles. The second-order valence-corrected chi connectivity index (χ2v) is 10.6. The van der Waals surface area contributed by atoms with Crippen LogP contribution in [0.4, 0.5) is 5.13 Å². The van der Waals surface area contributed by atoms with Crippen LogP contribution in [0.1, 0.15) is 47.3 Å². The molecule has 2 amide bonds. The maximum absolute atomic E-state index is 13.2. The van der Waals surface area contributed by atoms with Crippen LogP contribution in [0.15, 0.2) is 66.9 Å². The van der Waals surface area contributed by atoms with Gasteiger partial charge in [0.1, 0.15) is 0 Å². The fraction of sp³-hybridized carbons (Fsp3) is 0.207. The molecular formula is C29H26N4O2S. The van der Waals surface area contributed by atoms with Gasteiger partial charge in [0.2, 0.25) is 5.91 Å². The average molecular weight is 495 g/mol. The number of aromatic nitrogens is 2. The van der Waals surface area contributed by atoms with E-state index < -0.39 is 0 Å². The van der Waals surface area contributed by atoms with Gasteiger partial charge in [0.25, 0.3) is 5.91 Å². The van der Waals surface area contributed by atoms with Gasteiger partial charge in [-0.25, -0.2) is 4.98 Å². The average Bonchev–Trinajstić information content (AvgIpc) is 3.52. The van der Waals surface area contributed by atoms with Crippen molar-refractivity contribution in [1.82, 2.24) is 15.3 Å². The minimum Gasteiger partial charge on any atom is -0.360 e. The summed E-state index contributed by atoms with van der Waals surface area (Å²) in [5.74, 6) is 0.0999. The lowest BCUT2D eigenvalue weighted by Gasteiger charge is -2.14. The van der Waals surface area contributed by atoms with E-state index in [9.17, 15) is 9.59 Å². The van der Waals surface area contributed by atoms with E-state index in [-0.39, 0.29) is 23.8 Å². The Bertz CT molecular complexity index is 1630. The van der Waals surface area contributed by atoms with Crippen molar-refractivity contribution in [2.24, 2.45) is 5.92 Å². The minimum atomic E-state index is -0.110. The van der Waals surface area contributed by atoms with E-state index in [1.54, 1.807) is 6.20 Å². The summed E-state index contributed by atoms with van der Waals surface area (Å²) in [7, 11) is 0. The molecule has 2 heterocycles. The Hall–Kier alpha value is -3.97. The van der Waals surface area contributed by atoms with Gasteiger partial charge in [-0.15, -0.1) is 0 Å². The molecule has 0 spiro atoms. The van der Waals surface area contributed by atoms with Crippen LogP contribution in [0.3, 0.4) is 0 Å². The van der Waals surface area contributed by atoms with Crippen LogP contribution in [0, 0.1) is 12.8 Å². The van der Waals surface area contributed by atoms with E-state index in [1.807, 2.05) is 56.3 Å². The van der Waals surface area contributed by atoms with Crippen molar-refractivity contribution in [3.63, 3.8) is 0 Å². The lowest BCUT2D eigenvalue weighted by molar-refractivity contribution is -0.117. The van der Waals surface area contributed by atoms with Gasteiger partial charge in [-0.2, -0.15) is 0 Å². The lowest BCUT2D eigenvalue weighted by Crippen LogP contribution is -2.26. The molecule has 1 aliphatic rings. The number of anilines is 1.